The topological polar surface area (TPSA) is 106 Å². The number of carboxylic acid groups (broad SMARTS) is 1. The van der Waals surface area contributed by atoms with Gasteiger partial charge in [-0.15, -0.1) is 0 Å². The Morgan fingerprint density at radius 2 is 1.77 bits per heavy atom. The standard InChI is InChI=1S/C35H46N2O7/c1-23(2)9-8-16-35(4)29-14-12-24(3)43-31(29)28-19-26(13-15-30(28)44-35)32(38)36-17-18-37(21-27(20-36)33(39)40)34(41)42-22-25-10-6-5-7-11-25/h5-7,10-11,13,15,19,23-24,27,29,31H,8-9,12,14,16-18,20-22H2,1-4H3,(H,39,40)/t24-,27+,29-,31+,35+/m1/s1. The van der Waals surface area contributed by atoms with E-state index in [9.17, 15) is 19.5 Å². The molecule has 5 atom stereocenters. The van der Waals surface area contributed by atoms with Crippen LogP contribution in [-0.2, 0) is 20.9 Å². The number of benzene rings is 2. The Kier molecular flexibility index (Phi) is 9.83. The van der Waals surface area contributed by atoms with Crippen molar-refractivity contribution in [2.24, 2.45) is 17.8 Å². The van der Waals surface area contributed by atoms with Gasteiger partial charge in [0, 0.05) is 43.2 Å². The molecule has 9 nitrogen and oxygen atoms in total. The first kappa shape index (κ1) is 31.8. The minimum atomic E-state index is -1.06. The third kappa shape index (κ3) is 7.20. The third-order valence-corrected chi connectivity index (χ3v) is 9.40. The van der Waals surface area contributed by atoms with Crippen LogP contribution in [0.5, 0.6) is 5.75 Å². The summed E-state index contributed by atoms with van der Waals surface area (Å²) < 4.78 is 18.7. The van der Waals surface area contributed by atoms with Gasteiger partial charge in [0.05, 0.1) is 18.1 Å². The molecule has 238 valence electrons. The molecule has 3 aliphatic heterocycles. The van der Waals surface area contributed by atoms with E-state index in [1.54, 1.807) is 6.07 Å². The van der Waals surface area contributed by atoms with Crippen molar-refractivity contribution >= 4 is 18.0 Å². The quantitative estimate of drug-likeness (QED) is 0.375. The van der Waals surface area contributed by atoms with Crippen LogP contribution in [0, 0.1) is 17.8 Å². The predicted molar refractivity (Wildman–Crippen MR) is 165 cm³/mol. The van der Waals surface area contributed by atoms with Crippen molar-refractivity contribution in [3.63, 3.8) is 0 Å². The average molecular weight is 607 g/mol. The smallest absolute Gasteiger partial charge is 0.410 e. The van der Waals surface area contributed by atoms with E-state index < -0.39 is 18.0 Å². The monoisotopic (exact) mass is 606 g/mol. The molecule has 9 heteroatoms. The molecule has 0 aromatic heterocycles. The molecule has 2 fully saturated rings. The van der Waals surface area contributed by atoms with Gasteiger partial charge in [-0.25, -0.2) is 4.79 Å². The lowest BCUT2D eigenvalue weighted by atomic mass is 9.72. The maximum absolute atomic E-state index is 13.9. The highest BCUT2D eigenvalue weighted by molar-refractivity contribution is 5.95. The molecule has 44 heavy (non-hydrogen) atoms. The van der Waals surface area contributed by atoms with Crippen molar-refractivity contribution in [1.29, 1.82) is 0 Å². The number of aliphatic carboxylic acids is 1. The van der Waals surface area contributed by atoms with Crippen molar-refractivity contribution in [1.82, 2.24) is 9.80 Å². The lowest BCUT2D eigenvalue weighted by Crippen LogP contribution is -2.50. The van der Waals surface area contributed by atoms with Crippen LogP contribution in [-0.4, -0.2) is 70.8 Å². The van der Waals surface area contributed by atoms with Gasteiger partial charge in [-0.2, -0.15) is 0 Å². The lowest BCUT2D eigenvalue weighted by Gasteiger charge is -2.50. The summed E-state index contributed by atoms with van der Waals surface area (Å²) in [7, 11) is 0. The maximum Gasteiger partial charge on any atom is 0.410 e. The van der Waals surface area contributed by atoms with E-state index >= 15 is 0 Å². The zero-order valence-corrected chi connectivity index (χ0v) is 26.4. The number of carboxylic acids is 1. The first-order valence-corrected chi connectivity index (χ1v) is 16.0. The molecule has 2 aromatic carbocycles. The molecule has 0 aliphatic carbocycles. The summed E-state index contributed by atoms with van der Waals surface area (Å²) in [5.74, 6) is -0.722. The molecule has 2 aromatic rings. The van der Waals surface area contributed by atoms with Crippen molar-refractivity contribution in [2.75, 3.05) is 26.2 Å². The van der Waals surface area contributed by atoms with E-state index in [-0.39, 0.29) is 62.4 Å². The number of hydrogen-bond donors (Lipinski definition) is 1. The number of carbonyl (C=O) groups excluding carboxylic acids is 2. The fraction of sp³-hybridized carbons (Fsp3) is 0.571. The fourth-order valence-electron chi connectivity index (χ4n) is 6.83. The number of hydrogen-bond acceptors (Lipinski definition) is 6. The van der Waals surface area contributed by atoms with Gasteiger partial charge < -0.3 is 29.1 Å². The summed E-state index contributed by atoms with van der Waals surface area (Å²) in [6, 6.07) is 14.8. The van der Waals surface area contributed by atoms with E-state index in [1.165, 1.54) is 9.80 Å². The van der Waals surface area contributed by atoms with Gasteiger partial charge in [0.2, 0.25) is 0 Å². The molecule has 0 spiro atoms. The molecule has 2 saturated heterocycles. The van der Waals surface area contributed by atoms with E-state index in [1.807, 2.05) is 42.5 Å². The van der Waals surface area contributed by atoms with Gasteiger partial charge in [0.25, 0.3) is 5.91 Å². The van der Waals surface area contributed by atoms with Crippen LogP contribution in [0.25, 0.3) is 0 Å². The molecule has 3 heterocycles. The molecule has 0 radical (unpaired) electrons. The van der Waals surface area contributed by atoms with Crippen LogP contribution in [0.1, 0.15) is 87.4 Å². The summed E-state index contributed by atoms with van der Waals surface area (Å²) in [6.07, 6.45) is 4.46. The largest absolute Gasteiger partial charge is 0.487 e. The SMILES string of the molecule is CC(C)CCC[C@]1(C)Oc2ccc(C(=O)N3CCN(C(=O)OCc4ccccc4)C[C@@H](C(=O)O)C3)cc2[C@@H]2O[C@H](C)CC[C@H]21. The van der Waals surface area contributed by atoms with Gasteiger partial charge in [-0.3, -0.25) is 9.59 Å². The number of amides is 2. The molecule has 0 unspecified atom stereocenters. The summed E-state index contributed by atoms with van der Waals surface area (Å²) in [6.45, 7) is 9.21. The van der Waals surface area contributed by atoms with Crippen LogP contribution < -0.4 is 4.74 Å². The first-order valence-electron chi connectivity index (χ1n) is 16.0. The van der Waals surface area contributed by atoms with Crippen LogP contribution in [0.4, 0.5) is 4.79 Å². The van der Waals surface area contributed by atoms with E-state index in [2.05, 4.69) is 27.7 Å². The Morgan fingerprint density at radius 1 is 1.05 bits per heavy atom. The van der Waals surface area contributed by atoms with Crippen LogP contribution in [0.3, 0.4) is 0 Å². The molecule has 2 amide bonds. The average Bonchev–Trinajstić information content (AvgIpc) is 3.24. The summed E-state index contributed by atoms with van der Waals surface area (Å²) in [5.41, 5.74) is 1.83. The van der Waals surface area contributed by atoms with Gasteiger partial charge >= 0.3 is 12.1 Å². The van der Waals surface area contributed by atoms with Gasteiger partial charge in [0.15, 0.2) is 0 Å². The third-order valence-electron chi connectivity index (χ3n) is 9.40. The number of ether oxygens (including phenoxy) is 3. The molecule has 0 bridgehead atoms. The van der Waals surface area contributed by atoms with Crippen LogP contribution >= 0.6 is 0 Å². The zero-order chi connectivity index (χ0) is 31.4. The maximum atomic E-state index is 13.9. The Hall–Kier alpha value is -3.59. The van der Waals surface area contributed by atoms with Gasteiger partial charge in [-0.05, 0) is 69.2 Å². The molecule has 3 aliphatic rings. The summed E-state index contributed by atoms with van der Waals surface area (Å²) >= 11 is 0. The Balaban J connectivity index is 1.32. The molecular weight excluding hydrogens is 560 g/mol. The van der Waals surface area contributed by atoms with E-state index in [4.69, 9.17) is 14.2 Å². The Morgan fingerprint density at radius 3 is 2.50 bits per heavy atom. The molecule has 0 saturated carbocycles. The second-order valence-electron chi connectivity index (χ2n) is 13.3. The van der Waals surface area contributed by atoms with Crippen molar-refractivity contribution in [3.8, 4) is 5.75 Å². The first-order chi connectivity index (χ1) is 21.0. The lowest BCUT2D eigenvalue weighted by molar-refractivity contribution is -0.152. The Labute approximate surface area is 260 Å². The fourth-order valence-corrected chi connectivity index (χ4v) is 6.83. The molecule has 1 N–H and O–H groups in total. The van der Waals surface area contributed by atoms with Crippen LogP contribution in [0.2, 0.25) is 0 Å². The van der Waals surface area contributed by atoms with Crippen molar-refractivity contribution in [3.05, 3.63) is 65.2 Å². The number of carbonyl (C=O) groups is 3. The summed E-state index contributed by atoms with van der Waals surface area (Å²) in [5, 5.41) is 9.94. The molecule has 5 rings (SSSR count). The predicted octanol–water partition coefficient (Wildman–Crippen LogP) is 6.32. The molecular formula is C35H46N2O7. The van der Waals surface area contributed by atoms with Crippen molar-refractivity contribution in [2.45, 2.75) is 84.2 Å². The Bertz CT molecular complexity index is 1330. The number of nitrogens with zero attached hydrogens (tertiary/aromatic N) is 2. The minimum Gasteiger partial charge on any atom is -0.487 e. The zero-order valence-electron chi connectivity index (χ0n) is 26.4. The second kappa shape index (κ2) is 13.6. The van der Waals surface area contributed by atoms with E-state index in [0.29, 0.717) is 11.5 Å². The second-order valence-corrected chi connectivity index (χ2v) is 13.3. The normalized spacial score (nSPS) is 26.7. The van der Waals surface area contributed by atoms with Gasteiger partial charge in [0.1, 0.15) is 18.0 Å². The highest BCUT2D eigenvalue weighted by Gasteiger charge is 2.49. The number of fused-ring (bicyclic) bond motifs is 3. The highest BCUT2D eigenvalue weighted by atomic mass is 16.6. The van der Waals surface area contributed by atoms with E-state index in [0.717, 1.165) is 49.0 Å². The minimum absolute atomic E-state index is 0.00226. The number of rotatable bonds is 8. The highest BCUT2D eigenvalue weighted by Crippen LogP contribution is 2.52. The summed E-state index contributed by atoms with van der Waals surface area (Å²) in [4.78, 5) is 41.8. The van der Waals surface area contributed by atoms with Crippen molar-refractivity contribution < 1.29 is 33.7 Å². The van der Waals surface area contributed by atoms with Crippen LogP contribution in [0.15, 0.2) is 48.5 Å². The van der Waals surface area contributed by atoms with Gasteiger partial charge in [-0.1, -0.05) is 50.6 Å².